The molecule has 0 saturated carbocycles. The number of pyridine rings is 1. The van der Waals surface area contributed by atoms with E-state index < -0.39 is 0 Å². The number of anilines is 1. The Bertz CT molecular complexity index is 548. The Morgan fingerprint density at radius 2 is 2.21 bits per heavy atom. The fraction of sp³-hybridized carbons (Fsp3) is 0.429. The molecule has 0 aliphatic carbocycles. The first kappa shape index (κ1) is 13.5. The zero-order valence-electron chi connectivity index (χ0n) is 11.6. The maximum absolute atomic E-state index is 5.73. The van der Waals surface area contributed by atoms with E-state index in [1.54, 1.807) is 6.20 Å². The summed E-state index contributed by atoms with van der Waals surface area (Å²) in [7, 11) is 0. The molecule has 2 heterocycles. The van der Waals surface area contributed by atoms with Crippen molar-refractivity contribution in [1.82, 2.24) is 14.5 Å². The average Bonchev–Trinajstić information content (AvgIpc) is 2.76. The summed E-state index contributed by atoms with van der Waals surface area (Å²) in [5, 5.41) is 0. The van der Waals surface area contributed by atoms with E-state index in [1.165, 1.54) is 0 Å². The van der Waals surface area contributed by atoms with Crippen LogP contribution in [0.2, 0.25) is 0 Å². The molecular weight excluding hydrogens is 240 g/mol. The van der Waals surface area contributed by atoms with Crippen molar-refractivity contribution in [3.63, 3.8) is 0 Å². The van der Waals surface area contributed by atoms with Gasteiger partial charge < -0.3 is 15.0 Å². The first-order chi connectivity index (χ1) is 9.02. The van der Waals surface area contributed by atoms with E-state index in [-0.39, 0.29) is 5.60 Å². The van der Waals surface area contributed by atoms with Gasteiger partial charge in [-0.05, 0) is 32.9 Å². The van der Waals surface area contributed by atoms with E-state index in [4.69, 9.17) is 10.5 Å². The van der Waals surface area contributed by atoms with Crippen molar-refractivity contribution in [2.45, 2.75) is 32.9 Å². The fourth-order valence-electron chi connectivity index (χ4n) is 2.14. The lowest BCUT2D eigenvalue weighted by Gasteiger charge is -2.26. The molecule has 0 aliphatic heterocycles. The van der Waals surface area contributed by atoms with Crippen LogP contribution in [0.5, 0.6) is 0 Å². The number of aromatic nitrogens is 3. The number of ether oxygens (including phenoxy) is 1. The smallest absolute Gasteiger partial charge is 0.123 e. The number of imidazole rings is 1. The SMILES string of the molecule is CCOC(C)(C)Cn1cncc1-c1ccnc(N)c1. The van der Waals surface area contributed by atoms with Gasteiger partial charge in [0.2, 0.25) is 0 Å². The van der Waals surface area contributed by atoms with Gasteiger partial charge in [-0.1, -0.05) is 0 Å². The highest BCUT2D eigenvalue weighted by atomic mass is 16.5. The molecule has 19 heavy (non-hydrogen) atoms. The maximum Gasteiger partial charge on any atom is 0.123 e. The third kappa shape index (κ3) is 3.32. The van der Waals surface area contributed by atoms with E-state index in [1.807, 2.05) is 31.6 Å². The zero-order chi connectivity index (χ0) is 13.9. The summed E-state index contributed by atoms with van der Waals surface area (Å²) in [5.74, 6) is 0.509. The normalized spacial score (nSPS) is 11.7. The lowest BCUT2D eigenvalue weighted by atomic mass is 10.1. The van der Waals surface area contributed by atoms with Gasteiger partial charge in [0.25, 0.3) is 0 Å². The zero-order valence-corrected chi connectivity index (χ0v) is 11.6. The predicted molar refractivity (Wildman–Crippen MR) is 75.6 cm³/mol. The van der Waals surface area contributed by atoms with Gasteiger partial charge in [0, 0.05) is 18.4 Å². The summed E-state index contributed by atoms with van der Waals surface area (Å²) in [6.07, 6.45) is 5.35. The molecule has 0 saturated heterocycles. The summed E-state index contributed by atoms with van der Waals surface area (Å²) >= 11 is 0. The third-order valence-electron chi connectivity index (χ3n) is 2.88. The molecule has 0 bridgehead atoms. The average molecular weight is 260 g/mol. The second-order valence-electron chi connectivity index (χ2n) is 5.07. The Kier molecular flexibility index (Phi) is 3.85. The van der Waals surface area contributed by atoms with Gasteiger partial charge >= 0.3 is 0 Å². The highest BCUT2D eigenvalue weighted by molar-refractivity contribution is 5.61. The molecule has 0 unspecified atom stereocenters. The minimum absolute atomic E-state index is 0.233. The molecule has 0 aliphatic rings. The van der Waals surface area contributed by atoms with Crippen molar-refractivity contribution in [2.24, 2.45) is 0 Å². The van der Waals surface area contributed by atoms with Crippen LogP contribution in [-0.2, 0) is 11.3 Å². The van der Waals surface area contributed by atoms with Crippen molar-refractivity contribution in [2.75, 3.05) is 12.3 Å². The molecule has 0 amide bonds. The Hall–Kier alpha value is -1.88. The minimum atomic E-state index is -0.233. The first-order valence-electron chi connectivity index (χ1n) is 6.38. The molecule has 5 nitrogen and oxygen atoms in total. The van der Waals surface area contributed by atoms with Crippen molar-refractivity contribution in [1.29, 1.82) is 0 Å². The van der Waals surface area contributed by atoms with Crippen LogP contribution in [0.4, 0.5) is 5.82 Å². The van der Waals surface area contributed by atoms with E-state index >= 15 is 0 Å². The molecule has 0 fully saturated rings. The quantitative estimate of drug-likeness (QED) is 0.896. The highest BCUT2D eigenvalue weighted by Gasteiger charge is 2.20. The fourth-order valence-corrected chi connectivity index (χ4v) is 2.14. The van der Waals surface area contributed by atoms with Crippen LogP contribution in [0.15, 0.2) is 30.9 Å². The minimum Gasteiger partial charge on any atom is -0.384 e. The van der Waals surface area contributed by atoms with Crippen molar-refractivity contribution in [3.8, 4) is 11.3 Å². The molecule has 0 spiro atoms. The number of hydrogen-bond donors (Lipinski definition) is 1. The van der Waals surface area contributed by atoms with E-state index in [9.17, 15) is 0 Å². The van der Waals surface area contributed by atoms with Crippen LogP contribution in [0.3, 0.4) is 0 Å². The van der Waals surface area contributed by atoms with Gasteiger partial charge in [-0.2, -0.15) is 0 Å². The molecule has 0 aromatic carbocycles. The molecule has 2 aromatic heterocycles. The third-order valence-corrected chi connectivity index (χ3v) is 2.88. The second kappa shape index (κ2) is 5.40. The van der Waals surface area contributed by atoms with Gasteiger partial charge in [0.1, 0.15) is 5.82 Å². The Labute approximate surface area is 113 Å². The van der Waals surface area contributed by atoms with Gasteiger partial charge in [0.05, 0.1) is 30.4 Å². The molecular formula is C14H20N4O. The maximum atomic E-state index is 5.73. The molecule has 0 atom stereocenters. The standard InChI is InChI=1S/C14H20N4O/c1-4-19-14(2,3)9-18-10-16-8-12(18)11-5-6-17-13(15)7-11/h5-8,10H,4,9H2,1-3H3,(H2,15,17). The monoisotopic (exact) mass is 260 g/mol. The number of nitrogens with zero attached hydrogens (tertiary/aromatic N) is 3. The van der Waals surface area contributed by atoms with E-state index in [2.05, 4.69) is 28.4 Å². The van der Waals surface area contributed by atoms with Crippen LogP contribution < -0.4 is 5.73 Å². The second-order valence-corrected chi connectivity index (χ2v) is 5.07. The number of hydrogen-bond acceptors (Lipinski definition) is 4. The van der Waals surface area contributed by atoms with Crippen LogP contribution in [-0.4, -0.2) is 26.7 Å². The van der Waals surface area contributed by atoms with Gasteiger partial charge in [-0.3, -0.25) is 0 Å². The Morgan fingerprint density at radius 1 is 1.42 bits per heavy atom. The van der Waals surface area contributed by atoms with Crippen molar-refractivity contribution >= 4 is 5.82 Å². The molecule has 2 aromatic rings. The van der Waals surface area contributed by atoms with Crippen LogP contribution in [0.25, 0.3) is 11.3 Å². The Morgan fingerprint density at radius 3 is 2.89 bits per heavy atom. The molecule has 2 rings (SSSR count). The van der Waals surface area contributed by atoms with E-state index in [0.29, 0.717) is 12.4 Å². The molecule has 2 N–H and O–H groups in total. The topological polar surface area (TPSA) is 66.0 Å². The van der Waals surface area contributed by atoms with Crippen LogP contribution >= 0.6 is 0 Å². The summed E-state index contributed by atoms with van der Waals surface area (Å²) in [4.78, 5) is 8.23. The number of nitrogen functional groups attached to an aromatic ring is 1. The lowest BCUT2D eigenvalue weighted by molar-refractivity contribution is -0.0221. The van der Waals surface area contributed by atoms with Crippen LogP contribution in [0, 0.1) is 0 Å². The summed E-state index contributed by atoms with van der Waals surface area (Å²) < 4.78 is 7.81. The van der Waals surface area contributed by atoms with Gasteiger partial charge in [-0.25, -0.2) is 9.97 Å². The summed E-state index contributed by atoms with van der Waals surface area (Å²) in [6.45, 7) is 7.57. The Balaban J connectivity index is 2.28. The van der Waals surface area contributed by atoms with Crippen LogP contribution in [0.1, 0.15) is 20.8 Å². The number of nitrogens with two attached hydrogens (primary N) is 1. The molecule has 0 radical (unpaired) electrons. The van der Waals surface area contributed by atoms with Crippen molar-refractivity contribution in [3.05, 3.63) is 30.9 Å². The summed E-state index contributed by atoms with van der Waals surface area (Å²) in [6, 6.07) is 3.78. The number of rotatable bonds is 5. The largest absolute Gasteiger partial charge is 0.384 e. The molecule has 5 heteroatoms. The predicted octanol–water partition coefficient (Wildman–Crippen LogP) is 2.34. The van der Waals surface area contributed by atoms with Gasteiger partial charge in [-0.15, -0.1) is 0 Å². The summed E-state index contributed by atoms with van der Waals surface area (Å²) in [5.41, 5.74) is 7.52. The van der Waals surface area contributed by atoms with Gasteiger partial charge in [0.15, 0.2) is 0 Å². The lowest BCUT2D eigenvalue weighted by Crippen LogP contribution is -2.30. The first-order valence-corrected chi connectivity index (χ1v) is 6.38. The van der Waals surface area contributed by atoms with Crippen molar-refractivity contribution < 1.29 is 4.74 Å². The highest BCUT2D eigenvalue weighted by Crippen LogP contribution is 2.22. The molecule has 102 valence electrons. The van der Waals surface area contributed by atoms with E-state index in [0.717, 1.165) is 17.8 Å².